The van der Waals surface area contributed by atoms with Crippen LogP contribution >= 0.6 is 0 Å². The van der Waals surface area contributed by atoms with Crippen LogP contribution in [0.15, 0.2) is 18.2 Å². The second kappa shape index (κ2) is 7.66. The number of nitrogens with two attached hydrogens (primary N) is 1. The molecular weight excluding hydrogens is 376 g/mol. The van der Waals surface area contributed by atoms with E-state index in [0.29, 0.717) is 26.3 Å². The molecule has 1 atom stereocenters. The predicted molar refractivity (Wildman–Crippen MR) is 102 cm³/mol. The molecule has 29 heavy (non-hydrogen) atoms. The molecule has 154 valence electrons. The molecule has 0 saturated carbocycles. The number of carbonyl (C=O) groups excluding carboxylic acids is 4. The second-order valence-electron chi connectivity index (χ2n) is 7.91. The minimum Gasteiger partial charge on any atom is -0.381 e. The van der Waals surface area contributed by atoms with Crippen LogP contribution in [0.4, 0.5) is 0 Å². The normalized spacial score (nSPS) is 23.9. The summed E-state index contributed by atoms with van der Waals surface area (Å²) >= 11 is 0. The lowest BCUT2D eigenvalue weighted by atomic mass is 9.91. The van der Waals surface area contributed by atoms with Crippen LogP contribution < -0.4 is 16.4 Å². The lowest BCUT2D eigenvalue weighted by Gasteiger charge is -2.33. The van der Waals surface area contributed by atoms with Gasteiger partial charge in [-0.15, -0.1) is 0 Å². The monoisotopic (exact) mass is 400 g/mol. The molecule has 0 aliphatic carbocycles. The largest absolute Gasteiger partial charge is 0.381 e. The molecule has 0 aromatic heterocycles. The highest BCUT2D eigenvalue weighted by Crippen LogP contribution is 2.28. The molecular formula is C20H24N4O5. The Hall–Kier alpha value is -2.62. The number of piperidine rings is 1. The fourth-order valence-corrected chi connectivity index (χ4v) is 4.04. The quantitative estimate of drug-likeness (QED) is 0.578. The Bertz CT molecular complexity index is 878. The number of hydrogen-bond acceptors (Lipinski definition) is 7. The molecule has 4 rings (SSSR count). The van der Waals surface area contributed by atoms with Crippen LogP contribution in [-0.2, 0) is 20.9 Å². The van der Waals surface area contributed by atoms with Crippen molar-refractivity contribution in [1.82, 2.24) is 15.5 Å². The Labute approximate surface area is 167 Å². The van der Waals surface area contributed by atoms with E-state index in [0.717, 1.165) is 23.3 Å². The van der Waals surface area contributed by atoms with Crippen molar-refractivity contribution in [2.45, 2.75) is 43.8 Å². The van der Waals surface area contributed by atoms with Gasteiger partial charge in [0.1, 0.15) is 6.04 Å². The van der Waals surface area contributed by atoms with Gasteiger partial charge >= 0.3 is 0 Å². The van der Waals surface area contributed by atoms with E-state index >= 15 is 0 Å². The summed E-state index contributed by atoms with van der Waals surface area (Å²) in [5.74, 6) is -2.00. The van der Waals surface area contributed by atoms with Gasteiger partial charge in [0.2, 0.25) is 11.8 Å². The van der Waals surface area contributed by atoms with Gasteiger partial charge in [0.15, 0.2) is 0 Å². The highest BCUT2D eigenvalue weighted by Gasteiger charge is 2.44. The molecule has 0 radical (unpaired) electrons. The second-order valence-corrected chi connectivity index (χ2v) is 7.91. The topological polar surface area (TPSA) is 131 Å². The maximum Gasteiger partial charge on any atom is 0.262 e. The number of carbonyl (C=O) groups is 4. The molecule has 1 aromatic rings. The molecule has 4 amide bonds. The van der Waals surface area contributed by atoms with Crippen LogP contribution in [0.2, 0.25) is 0 Å². The third-order valence-corrected chi connectivity index (χ3v) is 5.80. The number of rotatable bonds is 5. The molecule has 4 N–H and O–H groups in total. The van der Waals surface area contributed by atoms with Crippen molar-refractivity contribution in [3.05, 3.63) is 34.9 Å². The van der Waals surface area contributed by atoms with Gasteiger partial charge in [-0.2, -0.15) is 0 Å². The summed E-state index contributed by atoms with van der Waals surface area (Å²) in [5, 5.41) is 5.52. The molecule has 1 unspecified atom stereocenters. The Balaban J connectivity index is 1.44. The maximum atomic E-state index is 12.8. The van der Waals surface area contributed by atoms with E-state index in [1.807, 2.05) is 0 Å². The van der Waals surface area contributed by atoms with Gasteiger partial charge in [0, 0.05) is 38.3 Å². The molecule has 2 saturated heterocycles. The zero-order valence-corrected chi connectivity index (χ0v) is 16.0. The molecule has 0 spiro atoms. The third kappa shape index (κ3) is 3.81. The highest BCUT2D eigenvalue weighted by atomic mass is 16.5. The Morgan fingerprint density at radius 3 is 2.59 bits per heavy atom. The van der Waals surface area contributed by atoms with E-state index in [4.69, 9.17) is 10.5 Å². The Morgan fingerprint density at radius 1 is 1.14 bits per heavy atom. The average Bonchev–Trinajstić information content (AvgIpc) is 2.93. The van der Waals surface area contributed by atoms with Gasteiger partial charge in [0.05, 0.1) is 11.1 Å². The number of nitrogens with one attached hydrogen (secondary N) is 2. The van der Waals surface area contributed by atoms with Gasteiger partial charge in [0.25, 0.3) is 11.8 Å². The molecule has 3 aliphatic rings. The van der Waals surface area contributed by atoms with Crippen molar-refractivity contribution in [2.75, 3.05) is 19.8 Å². The lowest BCUT2D eigenvalue weighted by molar-refractivity contribution is -0.136. The first-order valence-electron chi connectivity index (χ1n) is 9.80. The number of ether oxygens (including phenoxy) is 1. The van der Waals surface area contributed by atoms with E-state index in [1.165, 1.54) is 0 Å². The first-order chi connectivity index (χ1) is 13.9. The lowest BCUT2D eigenvalue weighted by Crippen LogP contribution is -2.54. The third-order valence-electron chi connectivity index (χ3n) is 5.80. The van der Waals surface area contributed by atoms with Gasteiger partial charge in [-0.25, -0.2) is 0 Å². The average molecular weight is 400 g/mol. The SMILES string of the molecule is NC1(CNCc2ccc3c(c2)C(=O)N(C2CCC(=O)NC2=O)C3=O)CCOCC1. The van der Waals surface area contributed by atoms with Gasteiger partial charge < -0.3 is 15.8 Å². The minimum atomic E-state index is -0.952. The molecule has 3 heterocycles. The first-order valence-corrected chi connectivity index (χ1v) is 9.80. The molecule has 9 nitrogen and oxygen atoms in total. The van der Waals surface area contributed by atoms with Crippen molar-refractivity contribution >= 4 is 23.6 Å². The molecule has 2 fully saturated rings. The van der Waals surface area contributed by atoms with Crippen molar-refractivity contribution < 1.29 is 23.9 Å². The van der Waals surface area contributed by atoms with Crippen LogP contribution in [0.1, 0.15) is 52.0 Å². The molecule has 1 aromatic carbocycles. The van der Waals surface area contributed by atoms with Crippen LogP contribution in [0.5, 0.6) is 0 Å². The van der Waals surface area contributed by atoms with Crippen molar-refractivity contribution in [3.63, 3.8) is 0 Å². The van der Waals surface area contributed by atoms with Crippen molar-refractivity contribution in [1.29, 1.82) is 0 Å². The van der Waals surface area contributed by atoms with Gasteiger partial charge in [-0.3, -0.25) is 29.4 Å². The summed E-state index contributed by atoms with van der Waals surface area (Å²) in [6.07, 6.45) is 1.83. The Morgan fingerprint density at radius 2 is 1.86 bits per heavy atom. The van der Waals surface area contributed by atoms with Crippen LogP contribution in [-0.4, -0.2) is 59.9 Å². The fraction of sp³-hybridized carbons (Fsp3) is 0.500. The first kappa shape index (κ1) is 19.7. The Kier molecular flexibility index (Phi) is 5.20. The standard InChI is InChI=1S/C20H24N4O5/c21-20(5-7-29-8-6-20)11-22-10-12-1-2-13-14(9-12)19(28)24(18(13)27)15-3-4-16(25)23-17(15)26/h1-2,9,15,22H,3-8,10-11,21H2,(H,23,25,26). The smallest absolute Gasteiger partial charge is 0.262 e. The number of hydrogen-bond donors (Lipinski definition) is 3. The summed E-state index contributed by atoms with van der Waals surface area (Å²) in [6.45, 7) is 2.45. The minimum absolute atomic E-state index is 0.102. The van der Waals surface area contributed by atoms with Crippen molar-refractivity contribution in [3.8, 4) is 0 Å². The number of imide groups is 2. The molecule has 9 heteroatoms. The zero-order chi connectivity index (χ0) is 20.6. The van der Waals surface area contributed by atoms with Gasteiger partial charge in [-0.05, 0) is 37.0 Å². The summed E-state index contributed by atoms with van der Waals surface area (Å²) in [7, 11) is 0. The zero-order valence-electron chi connectivity index (χ0n) is 16.0. The fourth-order valence-electron chi connectivity index (χ4n) is 4.04. The van der Waals surface area contributed by atoms with E-state index in [1.54, 1.807) is 18.2 Å². The van der Waals surface area contributed by atoms with E-state index in [9.17, 15) is 19.2 Å². The van der Waals surface area contributed by atoms with Crippen LogP contribution in [0.25, 0.3) is 0 Å². The summed E-state index contributed by atoms with van der Waals surface area (Å²) in [5.41, 5.74) is 7.48. The van der Waals surface area contributed by atoms with E-state index in [-0.39, 0.29) is 29.5 Å². The highest BCUT2D eigenvalue weighted by molar-refractivity contribution is 6.23. The van der Waals surface area contributed by atoms with Crippen LogP contribution in [0.3, 0.4) is 0 Å². The summed E-state index contributed by atoms with van der Waals surface area (Å²) in [4.78, 5) is 50.0. The predicted octanol–water partition coefficient (Wildman–Crippen LogP) is -0.315. The molecule has 3 aliphatic heterocycles. The number of benzene rings is 1. The number of nitrogens with zero attached hydrogens (tertiary/aromatic N) is 1. The number of amides is 4. The molecule has 0 bridgehead atoms. The van der Waals surface area contributed by atoms with Gasteiger partial charge in [-0.1, -0.05) is 6.07 Å². The van der Waals surface area contributed by atoms with E-state index in [2.05, 4.69) is 10.6 Å². The summed E-state index contributed by atoms with van der Waals surface area (Å²) in [6, 6.07) is 4.14. The summed E-state index contributed by atoms with van der Waals surface area (Å²) < 4.78 is 5.35. The van der Waals surface area contributed by atoms with E-state index < -0.39 is 29.7 Å². The van der Waals surface area contributed by atoms with Crippen molar-refractivity contribution in [2.24, 2.45) is 5.73 Å². The van der Waals surface area contributed by atoms with Crippen LogP contribution in [0, 0.1) is 0 Å². The number of fused-ring (bicyclic) bond motifs is 1. The maximum absolute atomic E-state index is 12.8.